The van der Waals surface area contributed by atoms with E-state index in [4.69, 9.17) is 9.97 Å². The van der Waals surface area contributed by atoms with Crippen molar-refractivity contribution in [3.8, 4) is 33.4 Å². The molecule has 0 unspecified atom stereocenters. The first-order valence-electron chi connectivity index (χ1n) is 28.5. The van der Waals surface area contributed by atoms with E-state index in [9.17, 15) is 0 Å². The first kappa shape index (κ1) is 56.1. The summed E-state index contributed by atoms with van der Waals surface area (Å²) in [6.45, 7) is 48.0. The molecular formula is C70H92N6. The second kappa shape index (κ2) is 20.7. The summed E-state index contributed by atoms with van der Waals surface area (Å²) < 4.78 is 0. The first-order chi connectivity index (χ1) is 35.3. The van der Waals surface area contributed by atoms with Gasteiger partial charge in [-0.3, -0.25) is 0 Å². The van der Waals surface area contributed by atoms with Crippen LogP contribution >= 0.6 is 0 Å². The van der Waals surface area contributed by atoms with Gasteiger partial charge in [0, 0.05) is 40.8 Å². The summed E-state index contributed by atoms with van der Waals surface area (Å²) >= 11 is 0. The van der Waals surface area contributed by atoms with Gasteiger partial charge in [0.25, 0.3) is 0 Å². The predicted molar refractivity (Wildman–Crippen MR) is 333 cm³/mol. The van der Waals surface area contributed by atoms with Gasteiger partial charge in [-0.2, -0.15) is 0 Å². The van der Waals surface area contributed by atoms with E-state index in [-0.39, 0.29) is 32.5 Å². The van der Waals surface area contributed by atoms with Crippen molar-refractivity contribution in [2.45, 2.75) is 197 Å². The molecule has 6 nitrogen and oxygen atoms in total. The number of unbranched alkanes of at least 4 members (excludes halogenated alkanes) is 2. The number of nitrogens with zero attached hydrogens (tertiary/aromatic N) is 2. The highest BCUT2D eigenvalue weighted by Gasteiger charge is 2.28. The topological polar surface area (TPSA) is 81.4 Å². The van der Waals surface area contributed by atoms with Gasteiger partial charge >= 0.3 is 0 Å². The summed E-state index contributed by atoms with van der Waals surface area (Å²) in [5.41, 5.74) is 23.6. The number of benzene rings is 3. The molecule has 402 valence electrons. The third-order valence-electron chi connectivity index (χ3n) is 15.4. The number of H-pyrrole nitrogens is 2. The van der Waals surface area contributed by atoms with E-state index < -0.39 is 0 Å². The molecule has 6 aromatic rings. The van der Waals surface area contributed by atoms with Gasteiger partial charge in [0.05, 0.1) is 45.2 Å². The number of fused-ring (bicyclic) bond motifs is 8. The second-order valence-electron chi connectivity index (χ2n) is 28.2. The number of aromatic nitrogens is 4. The molecule has 8 bridgehead atoms. The molecule has 76 heavy (non-hydrogen) atoms. The van der Waals surface area contributed by atoms with Crippen LogP contribution in [0.3, 0.4) is 0 Å². The van der Waals surface area contributed by atoms with Gasteiger partial charge in [0.1, 0.15) is 0 Å². The van der Waals surface area contributed by atoms with E-state index in [1.165, 1.54) is 33.4 Å². The van der Waals surface area contributed by atoms with E-state index in [2.05, 4.69) is 256 Å². The summed E-state index contributed by atoms with van der Waals surface area (Å²) in [5.74, 6) is 0. The Balaban J connectivity index is 1.64. The fourth-order valence-electron chi connectivity index (χ4n) is 10.2. The monoisotopic (exact) mass is 1020 g/mol. The highest BCUT2D eigenvalue weighted by molar-refractivity contribution is 6.00. The van der Waals surface area contributed by atoms with E-state index in [0.29, 0.717) is 0 Å². The van der Waals surface area contributed by atoms with Crippen LogP contribution in [0, 0.1) is 0 Å². The number of hydrogen-bond acceptors (Lipinski definition) is 4. The number of rotatable bonds is 11. The predicted octanol–water partition coefficient (Wildman–Crippen LogP) is 19.4. The molecule has 0 amide bonds. The van der Waals surface area contributed by atoms with Crippen LogP contribution in [-0.4, -0.2) is 33.0 Å². The van der Waals surface area contributed by atoms with E-state index in [1.807, 2.05) is 0 Å². The molecule has 5 heterocycles. The molecule has 0 spiro atoms. The zero-order valence-corrected chi connectivity index (χ0v) is 50.4. The molecule has 0 saturated carbocycles. The van der Waals surface area contributed by atoms with Crippen molar-refractivity contribution in [3.05, 3.63) is 135 Å². The largest absolute Gasteiger partial charge is 0.383 e. The van der Waals surface area contributed by atoms with Crippen molar-refractivity contribution in [1.82, 2.24) is 25.3 Å². The first-order valence-corrected chi connectivity index (χ1v) is 28.5. The molecule has 0 aliphatic carbocycles. The molecule has 4 N–H and O–H groups in total. The summed E-state index contributed by atoms with van der Waals surface area (Å²) in [5, 5.41) is 7.78. The Kier molecular flexibility index (Phi) is 15.3. The highest BCUT2D eigenvalue weighted by Crippen LogP contribution is 2.44. The Morgan fingerprint density at radius 1 is 0.382 bits per heavy atom. The van der Waals surface area contributed by atoms with Crippen LogP contribution in [0.5, 0.6) is 0 Å². The number of anilines is 1. The molecule has 0 fully saturated rings. The zero-order valence-electron chi connectivity index (χ0n) is 50.4. The summed E-state index contributed by atoms with van der Waals surface area (Å²) in [6.07, 6.45) is 11.1. The van der Waals surface area contributed by atoms with Crippen LogP contribution in [0.25, 0.3) is 79.4 Å². The Morgan fingerprint density at radius 3 is 1.12 bits per heavy atom. The van der Waals surface area contributed by atoms with Crippen molar-refractivity contribution < 1.29 is 0 Å². The SMILES string of the molecule is CCCCNC1=Cc2nc1cc1[nH]c(cc1NCCCC)c(-c1cc(C(C)(C)C)cc(C(C)(C)C)c1)c1nc(c(-c3cc(C(C)(C)C)cc(C(C)(C)C)c3)c3ccc([nH]3)c2-c2cc(C(C)(C)C)cc(C(C)(C)C)c2)C=C1. The lowest BCUT2D eigenvalue weighted by molar-refractivity contribution is 0.568. The minimum Gasteiger partial charge on any atom is -0.383 e. The Labute approximate surface area is 458 Å². The van der Waals surface area contributed by atoms with Gasteiger partial charge in [-0.25, -0.2) is 9.97 Å². The Bertz CT molecular complexity index is 3280. The molecule has 0 atom stereocenters. The van der Waals surface area contributed by atoms with Crippen LogP contribution < -0.4 is 10.6 Å². The fraction of sp³-hybridized carbons (Fsp3) is 0.457. The van der Waals surface area contributed by atoms with Gasteiger partial charge in [-0.05, 0) is 138 Å². The standard InChI is InChI=1S/C70H92N6/c1-21-23-29-71-56-40-60-63(44-33-48(67(9,10)11)38-49(34-44)68(12,13)14)54-27-25-52(73-54)62(43-31-46(65(3,4)5)37-47(32-43)66(6,7)8)53-26-28-55(74-53)64(45-35-50(69(15,16)17)39-51(36-45)70(18,19)20)61-41-57(72-30-24-22-2)59(76-61)42-58(56)75-60/h25-28,31-42,71-73,76H,21-24,29-30H2,1-20H3. The minimum absolute atomic E-state index is 0.0866. The number of hydrogen-bond donors (Lipinski definition) is 4. The third kappa shape index (κ3) is 12.2. The third-order valence-corrected chi connectivity index (χ3v) is 15.4. The van der Waals surface area contributed by atoms with Crippen LogP contribution in [0.2, 0.25) is 0 Å². The Morgan fingerprint density at radius 2 is 0.737 bits per heavy atom. The molecule has 6 heteroatoms. The van der Waals surface area contributed by atoms with Gasteiger partial charge < -0.3 is 20.6 Å². The maximum Gasteiger partial charge on any atom is 0.0890 e. The highest BCUT2D eigenvalue weighted by atomic mass is 14.9. The number of aromatic amines is 2. The summed E-state index contributed by atoms with van der Waals surface area (Å²) in [4.78, 5) is 19.7. The van der Waals surface area contributed by atoms with Gasteiger partial charge in [0.15, 0.2) is 0 Å². The molecule has 0 saturated heterocycles. The van der Waals surface area contributed by atoms with E-state index in [0.717, 1.165) is 128 Å². The van der Waals surface area contributed by atoms with Crippen LogP contribution in [0.4, 0.5) is 5.69 Å². The maximum absolute atomic E-state index is 5.84. The molecule has 3 aromatic carbocycles. The molecular weight excluding hydrogens is 925 g/mol. The lowest BCUT2D eigenvalue weighted by atomic mass is 9.78. The molecule has 0 radical (unpaired) electrons. The van der Waals surface area contributed by atoms with Crippen molar-refractivity contribution >= 4 is 51.7 Å². The maximum atomic E-state index is 5.84. The minimum atomic E-state index is -0.0941. The zero-order chi connectivity index (χ0) is 55.5. The molecule has 3 aromatic heterocycles. The van der Waals surface area contributed by atoms with E-state index >= 15 is 0 Å². The van der Waals surface area contributed by atoms with Crippen molar-refractivity contribution in [1.29, 1.82) is 0 Å². The van der Waals surface area contributed by atoms with Crippen molar-refractivity contribution in [2.75, 3.05) is 18.4 Å². The van der Waals surface area contributed by atoms with Crippen LogP contribution in [0.1, 0.15) is 220 Å². The molecule has 2 aliphatic heterocycles. The molecule has 2 aliphatic rings. The summed E-state index contributed by atoms with van der Waals surface area (Å²) in [7, 11) is 0. The Hall–Kier alpha value is -6.14. The van der Waals surface area contributed by atoms with Gasteiger partial charge in [0.2, 0.25) is 0 Å². The lowest BCUT2D eigenvalue weighted by Crippen LogP contribution is -2.16. The lowest BCUT2D eigenvalue weighted by Gasteiger charge is -2.26. The van der Waals surface area contributed by atoms with Crippen molar-refractivity contribution in [3.63, 3.8) is 0 Å². The van der Waals surface area contributed by atoms with Gasteiger partial charge in [-0.15, -0.1) is 0 Å². The van der Waals surface area contributed by atoms with Crippen molar-refractivity contribution in [2.24, 2.45) is 0 Å². The average Bonchev–Trinajstić information content (AvgIpc) is 4.14. The van der Waals surface area contributed by atoms with E-state index in [1.54, 1.807) is 0 Å². The average molecular weight is 1020 g/mol. The summed E-state index contributed by atoms with van der Waals surface area (Å²) in [6, 6.07) is 30.9. The fourth-order valence-corrected chi connectivity index (χ4v) is 10.2. The normalized spacial score (nSPS) is 13.6. The number of nitrogens with one attached hydrogen (secondary N) is 4. The van der Waals surface area contributed by atoms with Crippen LogP contribution in [-0.2, 0) is 32.5 Å². The quantitative estimate of drug-likeness (QED) is 0.0974. The smallest absolute Gasteiger partial charge is 0.0890 e. The second-order valence-corrected chi connectivity index (χ2v) is 28.2. The van der Waals surface area contributed by atoms with Crippen LogP contribution in [0.15, 0.2) is 78.9 Å². The van der Waals surface area contributed by atoms with Gasteiger partial charge in [-0.1, -0.05) is 206 Å². The molecule has 8 rings (SSSR count).